The lowest BCUT2D eigenvalue weighted by atomic mass is 9.82. The van der Waals surface area contributed by atoms with Gasteiger partial charge in [-0.1, -0.05) is 67.1 Å². The molecule has 2 aliphatic heterocycles. The SMILES string of the molecule is COc1ccc(/C=C2\C(C)=C(C)C3(c4ccccc4)CC(C)=C(C)CP23)cc1. The molecule has 144 valence electrons. The number of ether oxygens (including phenoxy) is 1. The lowest BCUT2D eigenvalue weighted by Crippen LogP contribution is -2.28. The maximum absolute atomic E-state index is 5.33. The molecule has 2 heterocycles. The second-order valence-corrected chi connectivity index (χ2v) is 10.5. The summed E-state index contributed by atoms with van der Waals surface area (Å²) in [5.41, 5.74) is 8.96. The van der Waals surface area contributed by atoms with Crippen LogP contribution in [0.3, 0.4) is 0 Å². The third-order valence-electron chi connectivity index (χ3n) is 6.63. The van der Waals surface area contributed by atoms with E-state index >= 15 is 0 Å². The molecule has 0 radical (unpaired) electrons. The van der Waals surface area contributed by atoms with Crippen molar-refractivity contribution in [1.82, 2.24) is 0 Å². The Kier molecular flexibility index (Phi) is 5.06. The fourth-order valence-electron chi connectivity index (χ4n) is 4.70. The van der Waals surface area contributed by atoms with Gasteiger partial charge in [-0.15, -0.1) is 0 Å². The third-order valence-corrected chi connectivity index (χ3v) is 10.1. The smallest absolute Gasteiger partial charge is 0.118 e. The number of fused-ring (bicyclic) bond motifs is 1. The summed E-state index contributed by atoms with van der Waals surface area (Å²) in [7, 11) is 1.39. The van der Waals surface area contributed by atoms with Gasteiger partial charge in [0, 0.05) is 5.16 Å². The lowest BCUT2D eigenvalue weighted by molar-refractivity contribution is 0.415. The van der Waals surface area contributed by atoms with E-state index < -0.39 is 0 Å². The molecule has 0 aliphatic carbocycles. The van der Waals surface area contributed by atoms with Crippen LogP contribution in [0.25, 0.3) is 6.08 Å². The van der Waals surface area contributed by atoms with Crippen LogP contribution < -0.4 is 4.74 Å². The summed E-state index contributed by atoms with van der Waals surface area (Å²) in [5, 5.41) is 1.72. The highest BCUT2D eigenvalue weighted by atomic mass is 31.1. The van der Waals surface area contributed by atoms with Crippen LogP contribution >= 0.6 is 7.92 Å². The Labute approximate surface area is 170 Å². The summed E-state index contributed by atoms with van der Waals surface area (Å²) in [4.78, 5) is 0. The molecule has 0 bridgehead atoms. The molecule has 2 atom stereocenters. The van der Waals surface area contributed by atoms with E-state index in [1.807, 2.05) is 0 Å². The molecular formula is C26H29OP. The Bertz CT molecular complexity index is 979. The molecule has 0 amide bonds. The fraction of sp³-hybridized carbons (Fsp3) is 0.308. The van der Waals surface area contributed by atoms with Crippen LogP contribution in [-0.2, 0) is 5.16 Å². The van der Waals surface area contributed by atoms with E-state index in [4.69, 9.17) is 4.74 Å². The van der Waals surface area contributed by atoms with E-state index in [9.17, 15) is 0 Å². The van der Waals surface area contributed by atoms with Gasteiger partial charge >= 0.3 is 0 Å². The average Bonchev–Trinajstić information content (AvgIpc) is 2.92. The van der Waals surface area contributed by atoms with Crippen LogP contribution in [0.5, 0.6) is 5.75 Å². The van der Waals surface area contributed by atoms with Gasteiger partial charge in [0.25, 0.3) is 0 Å². The topological polar surface area (TPSA) is 9.23 Å². The summed E-state index contributed by atoms with van der Waals surface area (Å²) >= 11 is 0. The van der Waals surface area contributed by atoms with Crippen molar-refractivity contribution in [3.05, 3.63) is 93.3 Å². The van der Waals surface area contributed by atoms with Gasteiger partial charge in [0.15, 0.2) is 0 Å². The molecule has 0 spiro atoms. The highest BCUT2D eigenvalue weighted by molar-refractivity contribution is 7.65. The first-order chi connectivity index (χ1) is 13.5. The van der Waals surface area contributed by atoms with Gasteiger partial charge in [-0.3, -0.25) is 0 Å². The standard InChI is InChI=1S/C26H29OP/c1-18-16-26(23-9-7-6-8-10-23)21(4)20(3)25(28(26)17-19(18)2)15-22-11-13-24(27-5)14-12-22/h6-15H,16-17H2,1-5H3/b25-15+. The van der Waals surface area contributed by atoms with Crippen molar-refractivity contribution < 1.29 is 4.74 Å². The summed E-state index contributed by atoms with van der Waals surface area (Å²) in [6, 6.07) is 19.7. The van der Waals surface area contributed by atoms with E-state index in [-0.39, 0.29) is 13.1 Å². The van der Waals surface area contributed by atoms with Gasteiger partial charge in [0.05, 0.1) is 7.11 Å². The molecule has 2 heteroatoms. The van der Waals surface area contributed by atoms with Gasteiger partial charge < -0.3 is 4.74 Å². The van der Waals surface area contributed by atoms with Crippen molar-refractivity contribution in [3.8, 4) is 5.75 Å². The number of rotatable bonds is 3. The molecule has 0 saturated heterocycles. The predicted molar refractivity (Wildman–Crippen MR) is 122 cm³/mol. The minimum Gasteiger partial charge on any atom is -0.497 e. The first-order valence-electron chi connectivity index (χ1n) is 10.00. The first-order valence-corrected chi connectivity index (χ1v) is 11.5. The molecule has 4 rings (SSSR count). The molecular weight excluding hydrogens is 359 g/mol. The third kappa shape index (κ3) is 2.97. The normalized spacial score (nSPS) is 26.0. The van der Waals surface area contributed by atoms with Crippen LogP contribution in [0.1, 0.15) is 45.2 Å². The van der Waals surface area contributed by atoms with E-state index in [0.29, 0.717) is 0 Å². The molecule has 0 fully saturated rings. The maximum Gasteiger partial charge on any atom is 0.118 e. The van der Waals surface area contributed by atoms with Crippen LogP contribution in [-0.4, -0.2) is 13.3 Å². The van der Waals surface area contributed by atoms with E-state index in [1.165, 1.54) is 22.9 Å². The highest BCUT2D eigenvalue weighted by Gasteiger charge is 2.50. The van der Waals surface area contributed by atoms with Gasteiger partial charge in [-0.05, 0) is 80.5 Å². The number of hydrogen-bond acceptors (Lipinski definition) is 1. The average molecular weight is 388 g/mol. The predicted octanol–water partition coefficient (Wildman–Crippen LogP) is 7.50. The van der Waals surface area contributed by atoms with E-state index in [0.717, 1.165) is 12.2 Å². The second kappa shape index (κ2) is 7.37. The second-order valence-electron chi connectivity index (χ2n) is 8.10. The highest BCUT2D eigenvalue weighted by Crippen LogP contribution is 2.76. The quantitative estimate of drug-likeness (QED) is 0.391. The van der Waals surface area contributed by atoms with Crippen LogP contribution in [0, 0.1) is 0 Å². The van der Waals surface area contributed by atoms with Gasteiger partial charge in [-0.25, -0.2) is 0 Å². The summed E-state index contributed by atoms with van der Waals surface area (Å²) in [6.07, 6.45) is 4.78. The minimum absolute atomic E-state index is 0.155. The monoisotopic (exact) mass is 388 g/mol. The number of benzene rings is 2. The molecule has 2 unspecified atom stereocenters. The Morgan fingerprint density at radius 1 is 0.893 bits per heavy atom. The van der Waals surface area contributed by atoms with Gasteiger partial charge in [0.1, 0.15) is 5.75 Å². The van der Waals surface area contributed by atoms with E-state index in [1.54, 1.807) is 29.1 Å². The van der Waals surface area contributed by atoms with Crippen molar-refractivity contribution in [3.63, 3.8) is 0 Å². The zero-order valence-corrected chi connectivity index (χ0v) is 18.4. The Balaban J connectivity index is 1.87. The first kappa shape index (κ1) is 19.2. The summed E-state index contributed by atoms with van der Waals surface area (Å²) in [6.45, 7) is 9.38. The maximum atomic E-state index is 5.33. The van der Waals surface area contributed by atoms with Gasteiger partial charge in [0.2, 0.25) is 0 Å². The largest absolute Gasteiger partial charge is 0.497 e. The Hall–Kier alpha value is -2.11. The van der Waals surface area contributed by atoms with Crippen LogP contribution in [0.2, 0.25) is 0 Å². The molecule has 2 aromatic carbocycles. The molecule has 1 nitrogen and oxygen atoms in total. The van der Waals surface area contributed by atoms with Crippen molar-refractivity contribution in [2.45, 2.75) is 39.3 Å². The summed E-state index contributed by atoms with van der Waals surface area (Å²) in [5.74, 6) is 0.911. The van der Waals surface area contributed by atoms with Gasteiger partial charge in [-0.2, -0.15) is 0 Å². The molecule has 0 aromatic heterocycles. The van der Waals surface area contributed by atoms with E-state index in [2.05, 4.69) is 88.4 Å². The Morgan fingerprint density at radius 2 is 1.57 bits per heavy atom. The number of hydrogen-bond donors (Lipinski definition) is 0. The Morgan fingerprint density at radius 3 is 2.21 bits per heavy atom. The van der Waals surface area contributed by atoms with Crippen molar-refractivity contribution in [2.24, 2.45) is 0 Å². The lowest BCUT2D eigenvalue weighted by Gasteiger charge is -2.43. The molecule has 0 saturated carbocycles. The number of allylic oxidation sites excluding steroid dienone is 5. The molecule has 28 heavy (non-hydrogen) atoms. The molecule has 2 aliphatic rings. The molecule has 2 aromatic rings. The van der Waals surface area contributed by atoms with Crippen LogP contribution in [0.15, 0.2) is 82.2 Å². The van der Waals surface area contributed by atoms with Crippen LogP contribution in [0.4, 0.5) is 0 Å². The zero-order chi connectivity index (χ0) is 19.9. The molecule has 0 N–H and O–H groups in total. The van der Waals surface area contributed by atoms with Crippen molar-refractivity contribution in [1.29, 1.82) is 0 Å². The minimum atomic E-state index is -0.325. The van der Waals surface area contributed by atoms with Crippen molar-refractivity contribution in [2.75, 3.05) is 13.3 Å². The van der Waals surface area contributed by atoms with Crippen molar-refractivity contribution >= 4 is 14.0 Å². The fourth-order valence-corrected chi connectivity index (χ4v) is 8.63. The zero-order valence-electron chi connectivity index (χ0n) is 17.5. The summed E-state index contributed by atoms with van der Waals surface area (Å²) < 4.78 is 5.33. The number of methoxy groups -OCH3 is 1.